The molecule has 3 heterocycles. The average molecular weight is 450 g/mol. The van der Waals surface area contributed by atoms with Crippen molar-refractivity contribution in [3.8, 4) is 0 Å². The molecule has 3 saturated heterocycles. The Labute approximate surface area is 174 Å². The van der Waals surface area contributed by atoms with Crippen molar-refractivity contribution in [2.24, 2.45) is 5.73 Å². The predicted molar refractivity (Wildman–Crippen MR) is 111 cm³/mol. The van der Waals surface area contributed by atoms with Crippen LogP contribution in [-0.2, 0) is 24.8 Å². The summed E-state index contributed by atoms with van der Waals surface area (Å²) in [4.78, 5) is 14.2. The summed E-state index contributed by atoms with van der Waals surface area (Å²) < 4.78 is 51.7. The second-order valence-corrected chi connectivity index (χ2v) is 12.7. The minimum atomic E-state index is -3.45. The van der Waals surface area contributed by atoms with Crippen LogP contribution in [0.15, 0.2) is 0 Å². The van der Waals surface area contributed by atoms with E-state index in [0.717, 1.165) is 19.3 Å². The second-order valence-electron chi connectivity index (χ2n) is 8.59. The topological polar surface area (TPSA) is 121 Å². The van der Waals surface area contributed by atoms with Gasteiger partial charge in [-0.15, -0.1) is 0 Å². The summed E-state index contributed by atoms with van der Waals surface area (Å²) in [6, 6.07) is 0.0905. The molecule has 29 heavy (non-hydrogen) atoms. The molecule has 0 unspecified atom stereocenters. The maximum atomic E-state index is 12.8. The fourth-order valence-corrected chi connectivity index (χ4v) is 7.44. The first-order valence-corrected chi connectivity index (χ1v) is 13.7. The highest BCUT2D eigenvalue weighted by molar-refractivity contribution is 7.89. The van der Waals surface area contributed by atoms with Crippen LogP contribution in [0.5, 0.6) is 0 Å². The van der Waals surface area contributed by atoms with Gasteiger partial charge in [0.15, 0.2) is 0 Å². The summed E-state index contributed by atoms with van der Waals surface area (Å²) in [6.07, 6.45) is 7.98. The predicted octanol–water partition coefficient (Wildman–Crippen LogP) is -0.251. The van der Waals surface area contributed by atoms with E-state index in [-0.39, 0.29) is 23.7 Å². The Bertz CT molecular complexity index is 819. The van der Waals surface area contributed by atoms with E-state index in [9.17, 15) is 21.6 Å². The molecule has 0 spiro atoms. The van der Waals surface area contributed by atoms with Crippen LogP contribution in [0.25, 0.3) is 0 Å². The van der Waals surface area contributed by atoms with Gasteiger partial charge in [-0.05, 0) is 51.4 Å². The normalized spacial score (nSPS) is 30.1. The Morgan fingerprint density at radius 3 is 2.45 bits per heavy atom. The summed E-state index contributed by atoms with van der Waals surface area (Å²) in [5.74, 6) is -0.300. The number of rotatable bonds is 8. The largest absolute Gasteiger partial charge is 0.368 e. The molecule has 2 atom stereocenters. The van der Waals surface area contributed by atoms with Crippen LogP contribution in [-0.4, -0.2) is 92.6 Å². The third kappa shape index (κ3) is 4.63. The fraction of sp³-hybridized carbons (Fsp3) is 0.889. The van der Waals surface area contributed by atoms with Gasteiger partial charge in [-0.25, -0.2) is 25.4 Å². The Morgan fingerprint density at radius 1 is 1.21 bits per heavy atom. The molecule has 167 valence electrons. The zero-order chi connectivity index (χ0) is 21.4. The van der Waals surface area contributed by atoms with Gasteiger partial charge in [-0.3, -0.25) is 9.69 Å². The van der Waals surface area contributed by atoms with Gasteiger partial charge in [0.1, 0.15) is 5.54 Å². The van der Waals surface area contributed by atoms with Crippen molar-refractivity contribution in [2.45, 2.75) is 62.6 Å². The van der Waals surface area contributed by atoms with Crippen molar-refractivity contribution >= 4 is 26.0 Å². The van der Waals surface area contributed by atoms with Gasteiger partial charge in [-0.1, -0.05) is 0 Å². The number of sulfonamides is 2. The maximum absolute atomic E-state index is 12.8. The Kier molecular flexibility index (Phi) is 6.65. The van der Waals surface area contributed by atoms with E-state index in [4.69, 9.17) is 5.73 Å². The molecule has 3 aliphatic rings. The molecule has 3 rings (SSSR count). The number of hydrogen-bond acceptors (Lipinski definition) is 6. The minimum Gasteiger partial charge on any atom is -0.368 e. The van der Waals surface area contributed by atoms with Gasteiger partial charge < -0.3 is 5.73 Å². The van der Waals surface area contributed by atoms with Gasteiger partial charge in [0.2, 0.25) is 26.0 Å². The lowest BCUT2D eigenvalue weighted by molar-refractivity contribution is -0.130. The molecule has 0 aromatic carbocycles. The smallest absolute Gasteiger partial charge is 0.237 e. The third-order valence-corrected chi connectivity index (χ3v) is 10.2. The van der Waals surface area contributed by atoms with E-state index < -0.39 is 25.6 Å². The first kappa shape index (κ1) is 22.9. The van der Waals surface area contributed by atoms with E-state index in [1.54, 1.807) is 7.05 Å². The lowest BCUT2D eigenvalue weighted by Crippen LogP contribution is -2.58. The molecule has 9 nitrogen and oxygen atoms in total. The van der Waals surface area contributed by atoms with E-state index in [1.165, 1.54) is 14.9 Å². The summed E-state index contributed by atoms with van der Waals surface area (Å²) in [5.41, 5.74) is 5.06. The molecular weight excluding hydrogens is 416 g/mol. The van der Waals surface area contributed by atoms with Crippen LogP contribution in [0.1, 0.15) is 44.9 Å². The first-order valence-electron chi connectivity index (χ1n) is 10.3. The molecule has 0 saturated carbocycles. The number of piperidine rings is 2. The molecule has 1 amide bonds. The Morgan fingerprint density at radius 2 is 1.86 bits per heavy atom. The molecule has 3 fully saturated rings. The number of nitrogens with zero attached hydrogens (tertiary/aromatic N) is 3. The fourth-order valence-electron chi connectivity index (χ4n) is 5.12. The molecule has 2 N–H and O–H groups in total. The van der Waals surface area contributed by atoms with E-state index in [2.05, 4.69) is 11.3 Å². The van der Waals surface area contributed by atoms with Crippen molar-refractivity contribution in [2.75, 3.05) is 38.7 Å². The van der Waals surface area contributed by atoms with Gasteiger partial charge >= 0.3 is 0 Å². The maximum Gasteiger partial charge on any atom is 0.237 e. The Balaban J connectivity index is 1.54. The van der Waals surface area contributed by atoms with Crippen molar-refractivity contribution in [1.29, 1.82) is 0 Å². The summed E-state index contributed by atoms with van der Waals surface area (Å²) in [7, 11) is -5.10. The number of fused-ring (bicyclic) bond motifs is 2. The van der Waals surface area contributed by atoms with Crippen LogP contribution in [0.2, 0.25) is 0 Å². The summed E-state index contributed by atoms with van der Waals surface area (Å²) >= 11 is 0. The highest BCUT2D eigenvalue weighted by Gasteiger charge is 2.52. The molecule has 2 bridgehead atoms. The molecule has 0 aromatic rings. The van der Waals surface area contributed by atoms with Gasteiger partial charge in [0.05, 0.1) is 12.0 Å². The zero-order valence-electron chi connectivity index (χ0n) is 17.3. The number of hydrogen-bond donors (Lipinski definition) is 1. The number of nitrogens with two attached hydrogens (primary N) is 1. The number of primary amides is 1. The van der Waals surface area contributed by atoms with Gasteiger partial charge in [-0.2, -0.15) is 0 Å². The number of carbonyl (C=O) groups excluding carboxylic acids is 1. The average Bonchev–Trinajstić information content (AvgIpc) is 2.85. The van der Waals surface area contributed by atoms with Crippen molar-refractivity contribution in [1.82, 2.24) is 13.5 Å². The van der Waals surface area contributed by atoms with Crippen molar-refractivity contribution in [3.05, 3.63) is 6.42 Å². The summed E-state index contributed by atoms with van der Waals surface area (Å²) in [6.45, 7) is 1.23. The molecule has 1 radical (unpaired) electrons. The standard InChI is InChI=1S/C18H33N4O5S2/c1-20(15-7-12-21(13-8-15)28(2,24)25)29(26,27)14-4-11-22-16-5-3-9-18(22,10-6-16)17(19)23/h3,15-16H,4-14H2,1-2H3,(H2,19,23)/t16-,18+/m1/s1. The van der Waals surface area contributed by atoms with Crippen LogP contribution in [0.3, 0.4) is 0 Å². The quantitative estimate of drug-likeness (QED) is 0.545. The lowest BCUT2D eigenvalue weighted by atomic mass is 9.87. The molecule has 0 aliphatic carbocycles. The van der Waals surface area contributed by atoms with Crippen molar-refractivity contribution < 1.29 is 21.6 Å². The minimum absolute atomic E-state index is 0.0115. The van der Waals surface area contributed by atoms with E-state index in [1.807, 2.05) is 0 Å². The number of carbonyl (C=O) groups is 1. The van der Waals surface area contributed by atoms with Crippen LogP contribution in [0, 0.1) is 6.42 Å². The van der Waals surface area contributed by atoms with Gasteiger partial charge in [0, 0.05) is 38.8 Å². The Hall–Kier alpha value is -0.750. The second kappa shape index (κ2) is 8.41. The SMILES string of the molecule is CN(C1CCN(S(C)(=O)=O)CC1)S(=O)(=O)CCCN1[C@@H]2C[CH]C[C@@]1(C(N)=O)CC2. The van der Waals surface area contributed by atoms with E-state index in [0.29, 0.717) is 45.3 Å². The van der Waals surface area contributed by atoms with Crippen molar-refractivity contribution in [3.63, 3.8) is 0 Å². The number of amides is 1. The summed E-state index contributed by atoms with van der Waals surface area (Å²) in [5, 5.41) is 0. The monoisotopic (exact) mass is 449 g/mol. The first-order chi connectivity index (χ1) is 13.5. The van der Waals surface area contributed by atoms with E-state index >= 15 is 0 Å². The molecule has 3 aliphatic heterocycles. The third-order valence-electron chi connectivity index (χ3n) is 6.91. The van der Waals surface area contributed by atoms with Crippen LogP contribution in [0.4, 0.5) is 0 Å². The molecular formula is C18H33N4O5S2. The molecule has 0 aromatic heterocycles. The van der Waals surface area contributed by atoms with Crippen LogP contribution < -0.4 is 5.73 Å². The molecule has 11 heteroatoms. The van der Waals surface area contributed by atoms with Gasteiger partial charge in [0.25, 0.3) is 0 Å². The van der Waals surface area contributed by atoms with Crippen LogP contribution >= 0.6 is 0 Å². The zero-order valence-corrected chi connectivity index (χ0v) is 18.9. The highest BCUT2D eigenvalue weighted by atomic mass is 32.2. The lowest BCUT2D eigenvalue weighted by Gasteiger charge is -2.42. The highest BCUT2D eigenvalue weighted by Crippen LogP contribution is 2.43.